The van der Waals surface area contributed by atoms with Crippen molar-refractivity contribution >= 4 is 28.0 Å². The molecule has 2 aromatic carbocycles. The number of benzene rings is 2. The number of aromatic nitrogens is 1. The van der Waals surface area contributed by atoms with Gasteiger partial charge in [-0.05, 0) is 30.7 Å². The van der Waals surface area contributed by atoms with Crippen LogP contribution in [-0.2, 0) is 6.18 Å². The van der Waals surface area contributed by atoms with E-state index in [2.05, 4.69) is 10.3 Å². The van der Waals surface area contributed by atoms with Gasteiger partial charge >= 0.3 is 6.18 Å². The highest BCUT2D eigenvalue weighted by atomic mass is 19.4. The molecule has 30 heavy (non-hydrogen) atoms. The molecule has 2 heterocycles. The molecule has 0 fully saturated rings. The lowest BCUT2D eigenvalue weighted by atomic mass is 10.1. The van der Waals surface area contributed by atoms with Crippen LogP contribution in [0.4, 0.5) is 13.2 Å². The summed E-state index contributed by atoms with van der Waals surface area (Å²) in [6.07, 6.45) is -4.92. The van der Waals surface area contributed by atoms with Gasteiger partial charge in [-0.3, -0.25) is 9.59 Å². The van der Waals surface area contributed by atoms with Crippen molar-refractivity contribution in [3.8, 4) is 0 Å². The van der Waals surface area contributed by atoms with Crippen LogP contribution in [0.15, 0.2) is 69.9 Å². The predicted octanol–water partition coefficient (Wildman–Crippen LogP) is 4.85. The molecule has 2 aromatic heterocycles. The molecule has 0 aliphatic heterocycles. The van der Waals surface area contributed by atoms with Crippen LogP contribution in [0.3, 0.4) is 0 Å². The van der Waals surface area contributed by atoms with E-state index >= 15 is 0 Å². The Labute approximate surface area is 168 Å². The minimum atomic E-state index is -4.92. The zero-order valence-electron chi connectivity index (χ0n) is 15.7. The number of hydrogen-bond donors (Lipinski definition) is 1. The van der Waals surface area contributed by atoms with Crippen LogP contribution >= 0.6 is 0 Å². The van der Waals surface area contributed by atoms with Gasteiger partial charge in [0.25, 0.3) is 5.91 Å². The molecule has 0 saturated carbocycles. The molecule has 4 rings (SSSR count). The lowest BCUT2D eigenvalue weighted by Gasteiger charge is -2.17. The van der Waals surface area contributed by atoms with Gasteiger partial charge in [0.2, 0.25) is 11.1 Å². The molecule has 1 unspecified atom stereocenters. The summed E-state index contributed by atoms with van der Waals surface area (Å²) in [5, 5.41) is 2.53. The third-order valence-electron chi connectivity index (χ3n) is 4.73. The van der Waals surface area contributed by atoms with E-state index in [0.29, 0.717) is 0 Å². The van der Waals surface area contributed by atoms with Gasteiger partial charge in [-0.15, -0.1) is 0 Å². The summed E-state index contributed by atoms with van der Waals surface area (Å²) >= 11 is 0. The van der Waals surface area contributed by atoms with Gasteiger partial charge in [0.1, 0.15) is 5.58 Å². The third kappa shape index (κ3) is 3.52. The zero-order valence-corrected chi connectivity index (χ0v) is 15.7. The lowest BCUT2D eigenvalue weighted by Crippen LogP contribution is -2.29. The molecule has 4 aromatic rings. The molecule has 1 N–H and O–H groups in total. The second kappa shape index (κ2) is 7.29. The Hall–Kier alpha value is -3.68. The van der Waals surface area contributed by atoms with Crippen LogP contribution < -0.4 is 10.7 Å². The molecular formula is C22H15F3N2O3. The van der Waals surface area contributed by atoms with Crippen molar-refractivity contribution in [1.82, 2.24) is 10.3 Å². The minimum Gasteiger partial charge on any atom is -0.437 e. The number of pyridine rings is 1. The summed E-state index contributed by atoms with van der Waals surface area (Å²) in [5.74, 6) is -0.986. The van der Waals surface area contributed by atoms with E-state index in [4.69, 9.17) is 4.42 Å². The van der Waals surface area contributed by atoms with Crippen molar-refractivity contribution in [2.75, 3.05) is 0 Å². The quantitative estimate of drug-likeness (QED) is 0.488. The van der Waals surface area contributed by atoms with Crippen molar-refractivity contribution in [1.29, 1.82) is 0 Å². The summed E-state index contributed by atoms with van der Waals surface area (Å²) in [5.41, 5.74) is -2.34. The Morgan fingerprint density at radius 2 is 1.70 bits per heavy atom. The normalized spacial score (nSPS) is 12.8. The number of carbonyl (C=O) groups excluding carboxylic acids is 1. The largest absolute Gasteiger partial charge is 0.437 e. The Kier molecular flexibility index (Phi) is 4.77. The fraction of sp³-hybridized carbons (Fsp3) is 0.136. The molecule has 0 saturated heterocycles. The molecule has 0 aliphatic carbocycles. The number of nitrogens with one attached hydrogen (secondary N) is 1. The lowest BCUT2D eigenvalue weighted by molar-refractivity contribution is -0.141. The standard InChI is InChI=1S/C22H15F3N2O3/c1-12(13-7-3-2-4-8-13)26-20(29)16-11-15-18(28)14-9-5-6-10-17(14)30-21(15)27-19(16)22(23,24)25/h2-12H,1H3,(H,26,29). The monoisotopic (exact) mass is 412 g/mol. The van der Waals surface area contributed by atoms with Crippen molar-refractivity contribution in [2.45, 2.75) is 19.1 Å². The second-order valence-electron chi connectivity index (χ2n) is 6.77. The van der Waals surface area contributed by atoms with Crippen LogP contribution in [0.25, 0.3) is 22.1 Å². The number of amides is 1. The summed E-state index contributed by atoms with van der Waals surface area (Å²) in [6.45, 7) is 1.65. The Bertz CT molecular complexity index is 1310. The third-order valence-corrected chi connectivity index (χ3v) is 4.73. The molecule has 0 bridgehead atoms. The molecule has 0 radical (unpaired) electrons. The molecule has 152 valence electrons. The fourth-order valence-electron chi connectivity index (χ4n) is 3.22. The topological polar surface area (TPSA) is 72.2 Å². The molecule has 1 amide bonds. The fourth-order valence-corrected chi connectivity index (χ4v) is 3.22. The minimum absolute atomic E-state index is 0.116. The number of rotatable bonds is 3. The Balaban J connectivity index is 1.86. The molecule has 0 aliphatic rings. The average molecular weight is 412 g/mol. The first-order chi connectivity index (χ1) is 14.3. The summed E-state index contributed by atoms with van der Waals surface area (Å²) in [7, 11) is 0. The van der Waals surface area contributed by atoms with E-state index in [0.717, 1.165) is 11.6 Å². The van der Waals surface area contributed by atoms with Crippen LogP contribution in [-0.4, -0.2) is 10.9 Å². The molecule has 1 atom stereocenters. The van der Waals surface area contributed by atoms with Gasteiger partial charge in [-0.1, -0.05) is 42.5 Å². The molecule has 5 nitrogen and oxygen atoms in total. The Morgan fingerprint density at radius 3 is 2.40 bits per heavy atom. The number of carbonyl (C=O) groups is 1. The summed E-state index contributed by atoms with van der Waals surface area (Å²) < 4.78 is 46.4. The van der Waals surface area contributed by atoms with Crippen LogP contribution in [0.5, 0.6) is 0 Å². The highest BCUT2D eigenvalue weighted by molar-refractivity contribution is 5.99. The van der Waals surface area contributed by atoms with Gasteiger partial charge in [0.15, 0.2) is 5.69 Å². The van der Waals surface area contributed by atoms with Crippen molar-refractivity contribution in [3.05, 3.63) is 87.7 Å². The number of nitrogens with zero attached hydrogens (tertiary/aromatic N) is 1. The number of halogens is 3. The zero-order chi connectivity index (χ0) is 21.5. The predicted molar refractivity (Wildman–Crippen MR) is 105 cm³/mol. The number of alkyl halides is 3. The van der Waals surface area contributed by atoms with Crippen molar-refractivity contribution in [2.24, 2.45) is 0 Å². The van der Waals surface area contributed by atoms with Gasteiger partial charge in [-0.25, -0.2) is 4.98 Å². The van der Waals surface area contributed by atoms with Gasteiger partial charge in [0.05, 0.1) is 22.4 Å². The number of fused-ring (bicyclic) bond motifs is 2. The molecule has 8 heteroatoms. The number of para-hydroxylation sites is 1. The molecule has 0 spiro atoms. The first-order valence-corrected chi connectivity index (χ1v) is 9.05. The summed E-state index contributed by atoms with van der Waals surface area (Å²) in [4.78, 5) is 29.0. The second-order valence-corrected chi connectivity index (χ2v) is 6.77. The maximum atomic E-state index is 13.6. The van der Waals surface area contributed by atoms with Gasteiger partial charge in [-0.2, -0.15) is 13.2 Å². The van der Waals surface area contributed by atoms with Crippen LogP contribution in [0.1, 0.15) is 34.6 Å². The van der Waals surface area contributed by atoms with Crippen molar-refractivity contribution in [3.63, 3.8) is 0 Å². The van der Waals surface area contributed by atoms with E-state index in [9.17, 15) is 22.8 Å². The van der Waals surface area contributed by atoms with Crippen molar-refractivity contribution < 1.29 is 22.4 Å². The van der Waals surface area contributed by atoms with E-state index in [1.807, 2.05) is 0 Å². The maximum absolute atomic E-state index is 13.6. The summed E-state index contributed by atoms with van der Waals surface area (Å²) in [6, 6.07) is 15.3. The first kappa shape index (κ1) is 19.6. The average Bonchev–Trinajstić information content (AvgIpc) is 2.73. The van der Waals surface area contributed by atoms with Gasteiger partial charge < -0.3 is 9.73 Å². The van der Waals surface area contributed by atoms with Crippen LogP contribution in [0, 0.1) is 0 Å². The first-order valence-electron chi connectivity index (χ1n) is 9.05. The van der Waals surface area contributed by atoms with E-state index in [-0.39, 0.29) is 16.4 Å². The smallest absolute Gasteiger partial charge is 0.434 e. The van der Waals surface area contributed by atoms with Gasteiger partial charge in [0, 0.05) is 0 Å². The highest BCUT2D eigenvalue weighted by Gasteiger charge is 2.38. The van der Waals surface area contributed by atoms with E-state index in [1.54, 1.807) is 49.4 Å². The van der Waals surface area contributed by atoms with E-state index < -0.39 is 40.5 Å². The SMILES string of the molecule is CC(NC(=O)c1cc2c(=O)c3ccccc3oc2nc1C(F)(F)F)c1ccccc1. The highest BCUT2D eigenvalue weighted by Crippen LogP contribution is 2.33. The number of hydrogen-bond acceptors (Lipinski definition) is 4. The Morgan fingerprint density at radius 1 is 1.03 bits per heavy atom. The molecular weight excluding hydrogens is 397 g/mol. The van der Waals surface area contributed by atoms with E-state index in [1.165, 1.54) is 12.1 Å². The van der Waals surface area contributed by atoms with Crippen LogP contribution in [0.2, 0.25) is 0 Å². The maximum Gasteiger partial charge on any atom is 0.434 e.